The Balaban J connectivity index is 1.01. The Bertz CT molecular complexity index is 2580. The average Bonchev–Trinajstić information content (AvgIpc) is 3.80. The number of amides is 1. The Morgan fingerprint density at radius 3 is 2.08 bits per heavy atom. The van der Waals surface area contributed by atoms with Gasteiger partial charge in [-0.15, -0.1) is 0 Å². The minimum Gasteiger partial charge on any atom is -0.443 e. The molecule has 14 heteroatoms. The molecule has 3 aromatic carbocycles. The number of hydrogen-bond donors (Lipinski definition) is 0. The number of ether oxygens (including phenoxy) is 2. The number of hydrogen-bond acceptors (Lipinski definition) is 9. The van der Waals surface area contributed by atoms with Crippen molar-refractivity contribution in [2.24, 2.45) is 5.92 Å². The van der Waals surface area contributed by atoms with Crippen molar-refractivity contribution in [2.45, 2.75) is 146 Å². The molecule has 1 unspecified atom stereocenters. The van der Waals surface area contributed by atoms with E-state index in [2.05, 4.69) is 86.4 Å². The van der Waals surface area contributed by atoms with Gasteiger partial charge in [-0.2, -0.15) is 4.98 Å². The van der Waals surface area contributed by atoms with E-state index >= 15 is 0 Å². The van der Waals surface area contributed by atoms with Crippen molar-refractivity contribution in [1.29, 1.82) is 0 Å². The summed E-state index contributed by atoms with van der Waals surface area (Å²) in [7, 11) is -6.39. The fourth-order valence-electron chi connectivity index (χ4n) is 9.60. The summed E-state index contributed by atoms with van der Waals surface area (Å²) >= 11 is 6.39. The minimum absolute atomic E-state index is 0.00903. The Morgan fingerprint density at radius 1 is 0.892 bits per heavy atom. The fraction of sp³-hybridized carbons (Fsp3) is 0.490. The van der Waals surface area contributed by atoms with Crippen molar-refractivity contribution in [3.05, 3.63) is 112 Å². The summed E-state index contributed by atoms with van der Waals surface area (Å²) in [6, 6.07) is 27.6. The first-order valence-corrected chi connectivity index (χ1v) is 27.0. The molecule has 2 saturated carbocycles. The van der Waals surface area contributed by atoms with Crippen LogP contribution in [-0.4, -0.2) is 67.5 Å². The number of aryl methyl sites for hydroxylation is 1. The van der Waals surface area contributed by atoms with Crippen LogP contribution in [0.15, 0.2) is 101 Å². The number of sulfone groups is 1. The number of rotatable bonds is 14. The van der Waals surface area contributed by atoms with E-state index in [9.17, 15) is 18.0 Å². The standard InChI is InChI=1S/C51H65ClN4O7SSi/c1-35-31-41(27-28-45(35)56(49(58)63-50(3,4)5)48-53-33-38-32-44(52)47(57)55(46(38)54-48)39-17-15-16-18-39)64(59,60)36(2)29-30-61-40-25-23-37(24-26-40)34-62-65(51(6,7)8,42-19-11-9-12-20-42)43-21-13-10-14-22-43/h9-14,19-22,27-28,31-33,36-37,39-40H,15-18,23-26,29-30,34H2,1-8H3. The molecule has 1 atom stereocenters. The van der Waals surface area contributed by atoms with Crippen LogP contribution in [0, 0.1) is 12.8 Å². The highest BCUT2D eigenvalue weighted by molar-refractivity contribution is 7.92. The summed E-state index contributed by atoms with van der Waals surface area (Å²) in [5.41, 5.74) is 0.0185. The molecule has 5 aromatic rings. The summed E-state index contributed by atoms with van der Waals surface area (Å²) in [6.45, 7) is 16.7. The van der Waals surface area contributed by atoms with E-state index in [-0.39, 0.29) is 38.6 Å². The summed E-state index contributed by atoms with van der Waals surface area (Å²) < 4.78 is 49.1. The first-order chi connectivity index (χ1) is 30.8. The third kappa shape index (κ3) is 10.6. The van der Waals surface area contributed by atoms with E-state index in [1.165, 1.54) is 21.3 Å². The zero-order valence-corrected chi connectivity index (χ0v) is 41.8. The van der Waals surface area contributed by atoms with E-state index in [1.807, 2.05) is 0 Å². The first kappa shape index (κ1) is 48.5. The van der Waals surface area contributed by atoms with Crippen LogP contribution >= 0.6 is 11.6 Å². The third-order valence-corrected chi connectivity index (χ3v) is 20.6. The molecular weight excluding hydrogens is 876 g/mol. The van der Waals surface area contributed by atoms with Gasteiger partial charge in [-0.3, -0.25) is 9.36 Å². The van der Waals surface area contributed by atoms with Gasteiger partial charge in [0.15, 0.2) is 9.84 Å². The van der Waals surface area contributed by atoms with Gasteiger partial charge in [-0.1, -0.05) is 106 Å². The number of aromatic nitrogens is 3. The van der Waals surface area contributed by atoms with Crippen LogP contribution in [0.25, 0.3) is 11.0 Å². The Hall–Kier alpha value is -4.40. The third-order valence-electron chi connectivity index (χ3n) is 13.1. The second-order valence-corrected chi connectivity index (χ2v) is 27.0. The molecule has 0 bridgehead atoms. The Labute approximate surface area is 390 Å². The molecule has 2 aliphatic carbocycles. The van der Waals surface area contributed by atoms with Gasteiger partial charge < -0.3 is 13.9 Å². The molecule has 11 nitrogen and oxygen atoms in total. The number of fused-ring (bicyclic) bond motifs is 1. The van der Waals surface area contributed by atoms with Crippen molar-refractivity contribution < 1.29 is 27.1 Å². The van der Waals surface area contributed by atoms with Gasteiger partial charge in [0.2, 0.25) is 5.95 Å². The monoisotopic (exact) mass is 940 g/mol. The van der Waals surface area contributed by atoms with Gasteiger partial charge in [0.05, 0.1) is 21.9 Å². The molecule has 2 fully saturated rings. The zero-order valence-electron chi connectivity index (χ0n) is 39.2. The lowest BCUT2D eigenvalue weighted by Crippen LogP contribution is -2.67. The lowest BCUT2D eigenvalue weighted by molar-refractivity contribution is 0.0113. The van der Waals surface area contributed by atoms with Crippen LogP contribution < -0.4 is 20.8 Å². The zero-order chi connectivity index (χ0) is 46.7. The van der Waals surface area contributed by atoms with Crippen molar-refractivity contribution in [2.75, 3.05) is 18.1 Å². The molecule has 2 aliphatic rings. The van der Waals surface area contributed by atoms with E-state index in [0.717, 1.165) is 51.4 Å². The lowest BCUT2D eigenvalue weighted by atomic mass is 9.88. The fourth-order valence-corrected chi connectivity index (χ4v) is 15.9. The van der Waals surface area contributed by atoms with Gasteiger partial charge in [-0.25, -0.2) is 23.1 Å². The number of carbonyl (C=O) groups excluding carboxylic acids is 1. The van der Waals surface area contributed by atoms with E-state index in [0.29, 0.717) is 47.8 Å². The molecule has 0 saturated heterocycles. The first-order valence-electron chi connectivity index (χ1n) is 23.1. The molecule has 7 rings (SSSR count). The number of nitrogens with zero attached hydrogens (tertiary/aromatic N) is 4. The maximum atomic E-state index is 14.0. The molecule has 2 heterocycles. The van der Waals surface area contributed by atoms with Gasteiger partial charge in [0, 0.05) is 30.8 Å². The number of carbonyl (C=O) groups is 1. The van der Waals surface area contributed by atoms with E-state index < -0.39 is 35.1 Å². The van der Waals surface area contributed by atoms with Crippen LogP contribution in [0.2, 0.25) is 10.1 Å². The Morgan fingerprint density at radius 2 is 1.51 bits per heavy atom. The van der Waals surface area contributed by atoms with E-state index in [1.54, 1.807) is 63.6 Å². The lowest BCUT2D eigenvalue weighted by Gasteiger charge is -2.44. The second kappa shape index (κ2) is 19.8. The molecule has 1 amide bonds. The predicted molar refractivity (Wildman–Crippen MR) is 262 cm³/mol. The van der Waals surface area contributed by atoms with Crippen molar-refractivity contribution >= 4 is 68.9 Å². The van der Waals surface area contributed by atoms with Gasteiger partial charge in [0.1, 0.15) is 16.3 Å². The molecular formula is C51H65ClN4O7SSi. The normalized spacial score (nSPS) is 18.2. The molecule has 348 valence electrons. The van der Waals surface area contributed by atoms with Crippen LogP contribution in [0.1, 0.15) is 118 Å². The number of halogens is 1. The maximum Gasteiger partial charge on any atom is 0.421 e. The topological polar surface area (TPSA) is 130 Å². The summed E-state index contributed by atoms with van der Waals surface area (Å²) in [6.07, 6.45) is 8.56. The highest BCUT2D eigenvalue weighted by Crippen LogP contribution is 2.39. The molecule has 0 aliphatic heterocycles. The van der Waals surface area contributed by atoms with E-state index in [4.69, 9.17) is 30.5 Å². The number of pyridine rings is 1. The van der Waals surface area contributed by atoms with Gasteiger partial charge in [0.25, 0.3) is 13.9 Å². The average molecular weight is 942 g/mol. The molecule has 0 radical (unpaired) electrons. The minimum atomic E-state index is -3.77. The number of anilines is 2. The molecule has 0 spiro atoms. The van der Waals surface area contributed by atoms with Crippen molar-refractivity contribution in [3.8, 4) is 0 Å². The predicted octanol–water partition coefficient (Wildman–Crippen LogP) is 10.6. The van der Waals surface area contributed by atoms with Crippen molar-refractivity contribution in [1.82, 2.24) is 14.5 Å². The highest BCUT2D eigenvalue weighted by Gasteiger charge is 2.50. The molecule has 0 N–H and O–H groups in total. The smallest absolute Gasteiger partial charge is 0.421 e. The summed E-state index contributed by atoms with van der Waals surface area (Å²) in [5.74, 6) is 0.407. The highest BCUT2D eigenvalue weighted by atomic mass is 35.5. The Kier molecular flexibility index (Phi) is 14.8. The second-order valence-electron chi connectivity index (χ2n) is 20.0. The largest absolute Gasteiger partial charge is 0.443 e. The maximum absolute atomic E-state index is 14.0. The summed E-state index contributed by atoms with van der Waals surface area (Å²) in [4.78, 5) is 38.1. The molecule has 65 heavy (non-hydrogen) atoms. The van der Waals surface area contributed by atoms with Crippen LogP contribution in [0.3, 0.4) is 0 Å². The van der Waals surface area contributed by atoms with Gasteiger partial charge in [-0.05, 0) is 131 Å². The summed E-state index contributed by atoms with van der Waals surface area (Å²) in [5, 5.41) is 2.41. The van der Waals surface area contributed by atoms with Crippen molar-refractivity contribution in [3.63, 3.8) is 0 Å². The van der Waals surface area contributed by atoms with Crippen LogP contribution in [-0.2, 0) is 23.7 Å². The number of benzene rings is 3. The van der Waals surface area contributed by atoms with Gasteiger partial charge >= 0.3 is 6.09 Å². The van der Waals surface area contributed by atoms with Crippen LogP contribution in [0.5, 0.6) is 0 Å². The molecule has 2 aromatic heterocycles. The quantitative estimate of drug-likeness (QED) is 0.0999. The SMILES string of the molecule is Cc1cc(S(=O)(=O)C(C)CCOC2CCC(CO[Si](c3ccccc3)(c3ccccc3)C(C)(C)C)CC2)ccc1N(C(=O)OC(C)(C)C)c1ncc2cc(Cl)c(=O)n(C3CCCC3)c2n1. The van der Waals surface area contributed by atoms with Crippen LogP contribution in [0.4, 0.5) is 16.4 Å².